The third-order valence-corrected chi connectivity index (χ3v) is 8.69. The van der Waals surface area contributed by atoms with E-state index in [1.165, 1.54) is 24.2 Å². The number of pyridine rings is 1. The summed E-state index contributed by atoms with van der Waals surface area (Å²) < 4.78 is 33.3. The molecule has 1 aliphatic heterocycles. The minimum absolute atomic E-state index is 0.0827. The number of fused-ring (bicyclic) bond motifs is 1. The van der Waals surface area contributed by atoms with Crippen LogP contribution in [0, 0.1) is 11.3 Å². The fraction of sp³-hybridized carbons (Fsp3) is 0.429. The highest BCUT2D eigenvalue weighted by Gasteiger charge is 2.43. The number of carbonyl (C=O) groups is 3. The molecule has 1 aromatic carbocycles. The summed E-state index contributed by atoms with van der Waals surface area (Å²) in [5.74, 6) is -1.58. The van der Waals surface area contributed by atoms with Crippen LogP contribution >= 0.6 is 0 Å². The first-order valence-electron chi connectivity index (χ1n) is 12.8. The third-order valence-electron chi connectivity index (χ3n) is 6.98. The number of Topliss-reactive ketones (excluding diaryl/α,β-unsaturated/α-hetero) is 1. The summed E-state index contributed by atoms with van der Waals surface area (Å²) in [6.07, 6.45) is 1.64. The summed E-state index contributed by atoms with van der Waals surface area (Å²) in [6.45, 7) is 7.03. The molecule has 2 atom stereocenters. The Kier molecular flexibility index (Phi) is 7.94. The highest BCUT2D eigenvalue weighted by atomic mass is 32.2. The second-order valence-corrected chi connectivity index (χ2v) is 13.0. The number of hydrogen-bond donors (Lipinski definition) is 1. The van der Waals surface area contributed by atoms with Crippen molar-refractivity contribution in [2.24, 2.45) is 11.3 Å². The number of nitrogens with one attached hydrogen (secondary N) is 1. The van der Waals surface area contributed by atoms with Crippen molar-refractivity contribution >= 4 is 38.6 Å². The molecule has 1 aliphatic rings. The van der Waals surface area contributed by atoms with Crippen molar-refractivity contribution in [3.8, 4) is 0 Å². The Bertz CT molecular complexity index is 1450. The maximum absolute atomic E-state index is 13.7. The minimum Gasteiger partial charge on any atom is -0.451 e. The number of aromatic nitrogens is 1. The topological polar surface area (TPSA) is 130 Å². The molecule has 1 saturated heterocycles. The number of rotatable bonds is 7. The lowest BCUT2D eigenvalue weighted by atomic mass is 9.85. The van der Waals surface area contributed by atoms with E-state index in [4.69, 9.17) is 4.42 Å². The predicted molar refractivity (Wildman–Crippen MR) is 145 cm³/mol. The predicted octanol–water partition coefficient (Wildman–Crippen LogP) is 3.10. The van der Waals surface area contributed by atoms with Gasteiger partial charge in [-0.15, -0.1) is 0 Å². The number of sulfonamides is 1. The van der Waals surface area contributed by atoms with Gasteiger partial charge in [-0.05, 0) is 42.0 Å². The van der Waals surface area contributed by atoms with Crippen LogP contribution < -0.4 is 5.32 Å². The second kappa shape index (κ2) is 10.9. The molecule has 2 unspecified atom stereocenters. The lowest BCUT2D eigenvalue weighted by Gasteiger charge is -2.34. The van der Waals surface area contributed by atoms with Crippen molar-refractivity contribution in [3.05, 3.63) is 60.5 Å². The van der Waals surface area contributed by atoms with Gasteiger partial charge >= 0.3 is 0 Å². The van der Waals surface area contributed by atoms with Gasteiger partial charge in [0.15, 0.2) is 16.6 Å². The number of amides is 2. The van der Waals surface area contributed by atoms with Gasteiger partial charge in [0.05, 0.1) is 12.6 Å². The number of para-hydroxylation sites is 1. The summed E-state index contributed by atoms with van der Waals surface area (Å²) in [6, 6.07) is 11.6. The molecule has 0 bridgehead atoms. The van der Waals surface area contributed by atoms with Gasteiger partial charge in [-0.1, -0.05) is 52.0 Å². The monoisotopic (exact) mass is 554 g/mol. The molecule has 10 nitrogen and oxygen atoms in total. The van der Waals surface area contributed by atoms with Crippen molar-refractivity contribution in [2.45, 2.75) is 51.2 Å². The minimum atomic E-state index is -4.02. The fourth-order valence-electron chi connectivity index (χ4n) is 4.86. The van der Waals surface area contributed by atoms with E-state index in [2.05, 4.69) is 10.3 Å². The molecular formula is C28H34N4O6S. The number of benzene rings is 1. The highest BCUT2D eigenvalue weighted by molar-refractivity contribution is 7.89. The Hall–Kier alpha value is -3.57. The number of likely N-dealkylation sites (N-methyl/N-ethyl adjacent to an activating group) is 1. The highest BCUT2D eigenvalue weighted by Crippen LogP contribution is 2.32. The molecule has 3 heterocycles. The first kappa shape index (κ1) is 28.4. The van der Waals surface area contributed by atoms with Gasteiger partial charge in [-0.2, -0.15) is 4.31 Å². The van der Waals surface area contributed by atoms with Gasteiger partial charge in [0.1, 0.15) is 11.6 Å². The molecule has 1 fully saturated rings. The Balaban J connectivity index is 1.54. The first-order chi connectivity index (χ1) is 18.3. The smallest absolute Gasteiger partial charge is 0.287 e. The molecule has 0 spiro atoms. The third kappa shape index (κ3) is 6.04. The second-order valence-electron chi connectivity index (χ2n) is 11.1. The van der Waals surface area contributed by atoms with Crippen LogP contribution in [-0.2, 0) is 19.6 Å². The average Bonchev–Trinajstić information content (AvgIpc) is 3.28. The quantitative estimate of drug-likeness (QED) is 0.475. The molecule has 0 saturated carbocycles. The number of nitrogens with zero attached hydrogens (tertiary/aromatic N) is 3. The van der Waals surface area contributed by atoms with E-state index in [9.17, 15) is 22.8 Å². The van der Waals surface area contributed by atoms with Crippen LogP contribution in [0.2, 0.25) is 0 Å². The lowest BCUT2D eigenvalue weighted by Crippen LogP contribution is -2.55. The van der Waals surface area contributed by atoms with Gasteiger partial charge in [0.25, 0.3) is 15.9 Å². The molecule has 2 amide bonds. The Morgan fingerprint density at radius 2 is 1.85 bits per heavy atom. The van der Waals surface area contributed by atoms with Gasteiger partial charge in [-0.3, -0.25) is 14.4 Å². The van der Waals surface area contributed by atoms with Crippen molar-refractivity contribution in [1.82, 2.24) is 19.5 Å². The molecular weight excluding hydrogens is 520 g/mol. The van der Waals surface area contributed by atoms with E-state index in [1.54, 1.807) is 44.2 Å². The average molecular weight is 555 g/mol. The molecule has 11 heteroatoms. The Labute approximate surface area is 228 Å². The van der Waals surface area contributed by atoms with Crippen LogP contribution in [0.3, 0.4) is 0 Å². The van der Waals surface area contributed by atoms with Gasteiger partial charge < -0.3 is 14.6 Å². The van der Waals surface area contributed by atoms with E-state index in [-0.39, 0.29) is 36.2 Å². The number of ketones is 1. The summed E-state index contributed by atoms with van der Waals surface area (Å²) in [5.41, 5.74) is -0.0679. The number of carbonyl (C=O) groups excluding carboxylic acids is 3. The molecule has 208 valence electrons. The van der Waals surface area contributed by atoms with Crippen LogP contribution in [0.25, 0.3) is 11.0 Å². The number of furan rings is 1. The summed E-state index contributed by atoms with van der Waals surface area (Å²) in [4.78, 5) is 45.5. The summed E-state index contributed by atoms with van der Waals surface area (Å²) in [5, 5.41) is 3.40. The van der Waals surface area contributed by atoms with Crippen molar-refractivity contribution in [2.75, 3.05) is 20.1 Å². The molecule has 4 rings (SSSR count). The molecule has 0 radical (unpaired) electrons. The zero-order chi connectivity index (χ0) is 28.5. The van der Waals surface area contributed by atoms with E-state index >= 15 is 0 Å². The van der Waals surface area contributed by atoms with Crippen molar-refractivity contribution in [3.63, 3.8) is 0 Å². The van der Waals surface area contributed by atoms with E-state index in [0.29, 0.717) is 5.58 Å². The molecule has 3 aromatic rings. The van der Waals surface area contributed by atoms with E-state index in [1.807, 2.05) is 26.0 Å². The zero-order valence-electron chi connectivity index (χ0n) is 22.7. The normalized spacial score (nSPS) is 19.0. The number of hydrogen-bond acceptors (Lipinski definition) is 7. The fourth-order valence-corrected chi connectivity index (χ4v) is 6.39. The Morgan fingerprint density at radius 1 is 1.15 bits per heavy atom. The van der Waals surface area contributed by atoms with E-state index in [0.717, 1.165) is 9.69 Å². The maximum Gasteiger partial charge on any atom is 0.287 e. The van der Waals surface area contributed by atoms with Crippen molar-refractivity contribution < 1.29 is 27.2 Å². The van der Waals surface area contributed by atoms with Gasteiger partial charge in [-0.25, -0.2) is 13.4 Å². The zero-order valence-corrected chi connectivity index (χ0v) is 23.6. The van der Waals surface area contributed by atoms with Crippen LogP contribution in [-0.4, -0.2) is 72.4 Å². The van der Waals surface area contributed by atoms with Crippen LogP contribution in [0.4, 0.5) is 0 Å². The molecule has 2 aromatic heterocycles. The summed E-state index contributed by atoms with van der Waals surface area (Å²) in [7, 11) is -2.50. The molecule has 39 heavy (non-hydrogen) atoms. The largest absolute Gasteiger partial charge is 0.451 e. The maximum atomic E-state index is 13.7. The van der Waals surface area contributed by atoms with Crippen LogP contribution in [0.5, 0.6) is 0 Å². The molecule has 0 aliphatic carbocycles. The summed E-state index contributed by atoms with van der Waals surface area (Å²) >= 11 is 0. The van der Waals surface area contributed by atoms with Crippen LogP contribution in [0.1, 0.15) is 44.7 Å². The van der Waals surface area contributed by atoms with Gasteiger partial charge in [0.2, 0.25) is 5.91 Å². The standard InChI is InChI=1S/C28H34N4O6S/c1-18(2)25(30-26(34)23-14-19-10-6-7-11-22(19)38-23)27(35)31(5)20-15-28(3,4)17-32(16-21(20)33)39(36,37)24-12-8-9-13-29-24/h6-14,18,20,25H,15-17H2,1-5H3,(H,30,34). The van der Waals surface area contributed by atoms with Crippen LogP contribution in [0.15, 0.2) is 64.2 Å². The van der Waals surface area contributed by atoms with Gasteiger partial charge in [0, 0.05) is 25.2 Å². The van der Waals surface area contributed by atoms with E-state index < -0.39 is 45.1 Å². The lowest BCUT2D eigenvalue weighted by molar-refractivity contribution is -0.140. The SMILES string of the molecule is CC(C)C(NC(=O)c1cc2ccccc2o1)C(=O)N(C)C1CC(C)(C)CN(S(=O)(=O)c2ccccn2)CC1=O. The van der Waals surface area contributed by atoms with Crippen molar-refractivity contribution in [1.29, 1.82) is 0 Å². The molecule has 1 N–H and O–H groups in total. The Morgan fingerprint density at radius 3 is 2.49 bits per heavy atom. The first-order valence-corrected chi connectivity index (χ1v) is 14.2.